The third-order valence-electron chi connectivity index (χ3n) is 2.63. The van der Waals surface area contributed by atoms with Crippen molar-refractivity contribution < 1.29 is 17.9 Å². The van der Waals surface area contributed by atoms with Crippen LogP contribution in [0.3, 0.4) is 0 Å². The Morgan fingerprint density at radius 3 is 2.48 bits per heavy atom. The summed E-state index contributed by atoms with van der Waals surface area (Å²) < 4.78 is 34.7. The van der Waals surface area contributed by atoms with Gasteiger partial charge in [0.05, 0.1) is 0 Å². The zero-order valence-corrected chi connectivity index (χ0v) is 11.3. The second-order valence-electron chi connectivity index (χ2n) is 4.18. The monoisotopic (exact) mass is 310 g/mol. The molecule has 2 aromatic carbocycles. The molecule has 1 aromatic heterocycles. The largest absolute Gasteiger partial charge is 0.487 e. The maximum atomic E-state index is 12.5. The lowest BCUT2D eigenvalue weighted by Gasteiger charge is -2.10. The molecule has 3 rings (SSSR count). The molecule has 1 heterocycles. The number of alkyl halides is 3. The SMILES string of the molecule is FC(F)(Cl)Oc1ccc(Nc2nc3ccccc3o2)cc1. The minimum absolute atomic E-state index is 0.0434. The van der Waals surface area contributed by atoms with E-state index in [2.05, 4.69) is 26.6 Å². The summed E-state index contributed by atoms with van der Waals surface area (Å²) in [6.07, 6.45) is 0. The lowest BCUT2D eigenvalue weighted by atomic mass is 10.3. The van der Waals surface area contributed by atoms with Crippen molar-refractivity contribution in [1.82, 2.24) is 4.98 Å². The maximum Gasteiger partial charge on any atom is 0.487 e. The number of oxazole rings is 1. The molecule has 0 aliphatic heterocycles. The topological polar surface area (TPSA) is 47.3 Å². The summed E-state index contributed by atoms with van der Waals surface area (Å²) in [5.41, 5.74) is -1.73. The molecule has 0 saturated carbocycles. The van der Waals surface area contributed by atoms with Crippen LogP contribution in [0.5, 0.6) is 5.75 Å². The molecule has 0 aliphatic carbocycles. The third-order valence-corrected chi connectivity index (χ3v) is 2.71. The van der Waals surface area contributed by atoms with Gasteiger partial charge in [-0.25, -0.2) is 0 Å². The van der Waals surface area contributed by atoms with Crippen molar-refractivity contribution in [3.05, 3.63) is 48.5 Å². The van der Waals surface area contributed by atoms with Crippen molar-refractivity contribution >= 4 is 34.4 Å². The van der Waals surface area contributed by atoms with Crippen molar-refractivity contribution in [2.24, 2.45) is 0 Å². The van der Waals surface area contributed by atoms with Crippen LogP contribution < -0.4 is 10.1 Å². The van der Waals surface area contributed by atoms with Crippen LogP contribution in [0.1, 0.15) is 0 Å². The summed E-state index contributed by atoms with van der Waals surface area (Å²) in [6.45, 7) is 0. The number of nitrogens with one attached hydrogen (secondary N) is 1. The Kier molecular flexibility index (Phi) is 3.39. The van der Waals surface area contributed by atoms with Gasteiger partial charge in [-0.2, -0.15) is 4.98 Å². The van der Waals surface area contributed by atoms with Gasteiger partial charge in [-0.15, -0.1) is 8.78 Å². The minimum Gasteiger partial charge on any atom is -0.423 e. The van der Waals surface area contributed by atoms with E-state index in [1.54, 1.807) is 18.2 Å². The van der Waals surface area contributed by atoms with E-state index < -0.39 is 5.57 Å². The molecule has 0 aliphatic rings. The van der Waals surface area contributed by atoms with Crippen LogP contribution in [0.2, 0.25) is 0 Å². The van der Waals surface area contributed by atoms with Crippen LogP contribution >= 0.6 is 11.6 Å². The highest BCUT2D eigenvalue weighted by atomic mass is 35.5. The van der Waals surface area contributed by atoms with Crippen molar-refractivity contribution in [2.45, 2.75) is 5.57 Å². The van der Waals surface area contributed by atoms with Gasteiger partial charge in [0.1, 0.15) is 11.3 Å². The quantitative estimate of drug-likeness (QED) is 0.707. The Labute approximate surface area is 123 Å². The van der Waals surface area contributed by atoms with Crippen molar-refractivity contribution in [3.8, 4) is 5.75 Å². The van der Waals surface area contributed by atoms with E-state index in [9.17, 15) is 8.78 Å². The Morgan fingerprint density at radius 2 is 1.81 bits per heavy atom. The number of benzene rings is 2. The van der Waals surface area contributed by atoms with Crippen LogP contribution in [0.15, 0.2) is 52.9 Å². The van der Waals surface area contributed by atoms with Gasteiger partial charge in [0.15, 0.2) is 5.58 Å². The minimum atomic E-state index is -3.73. The van der Waals surface area contributed by atoms with E-state index in [0.717, 1.165) is 5.52 Å². The summed E-state index contributed by atoms with van der Waals surface area (Å²) >= 11 is 4.69. The molecule has 0 fully saturated rings. The highest BCUT2D eigenvalue weighted by Crippen LogP contribution is 2.27. The first-order valence-electron chi connectivity index (χ1n) is 5.98. The van der Waals surface area contributed by atoms with E-state index in [1.807, 2.05) is 18.2 Å². The van der Waals surface area contributed by atoms with Crippen molar-refractivity contribution in [3.63, 3.8) is 0 Å². The normalized spacial score (nSPS) is 11.6. The molecule has 4 nitrogen and oxygen atoms in total. The molecule has 0 spiro atoms. The first-order chi connectivity index (χ1) is 9.99. The Hall–Kier alpha value is -2.34. The number of hydrogen-bond donors (Lipinski definition) is 1. The zero-order valence-electron chi connectivity index (χ0n) is 10.5. The van der Waals surface area contributed by atoms with Crippen LogP contribution in [-0.4, -0.2) is 10.6 Å². The first-order valence-corrected chi connectivity index (χ1v) is 6.36. The van der Waals surface area contributed by atoms with Gasteiger partial charge in [-0.05, 0) is 36.4 Å². The fourth-order valence-corrected chi connectivity index (χ4v) is 1.88. The predicted molar refractivity (Wildman–Crippen MR) is 75.2 cm³/mol. The number of nitrogens with zero attached hydrogens (tertiary/aromatic N) is 1. The molecular weight excluding hydrogens is 302 g/mol. The highest BCUT2D eigenvalue weighted by Gasteiger charge is 2.27. The molecule has 1 N–H and O–H groups in total. The number of hydrogen-bond acceptors (Lipinski definition) is 4. The fraction of sp³-hybridized carbons (Fsp3) is 0.0714. The lowest BCUT2D eigenvalue weighted by Crippen LogP contribution is -2.15. The molecule has 0 atom stereocenters. The van der Waals surface area contributed by atoms with Crippen LogP contribution in [0, 0.1) is 0 Å². The number of ether oxygens (including phenoxy) is 1. The molecular formula is C14H9ClF2N2O2. The summed E-state index contributed by atoms with van der Waals surface area (Å²) in [7, 11) is 0. The van der Waals surface area contributed by atoms with E-state index in [-0.39, 0.29) is 5.75 Å². The van der Waals surface area contributed by atoms with Gasteiger partial charge in [-0.3, -0.25) is 0 Å². The number of fused-ring (bicyclic) bond motifs is 1. The molecule has 0 bridgehead atoms. The van der Waals surface area contributed by atoms with Gasteiger partial charge in [0.25, 0.3) is 6.01 Å². The molecule has 3 aromatic rings. The third kappa shape index (κ3) is 3.41. The number of anilines is 2. The summed E-state index contributed by atoms with van der Waals surface area (Å²) in [4.78, 5) is 4.24. The molecule has 0 saturated heterocycles. The Bertz CT molecular complexity index is 721. The van der Waals surface area contributed by atoms with E-state index >= 15 is 0 Å². The molecule has 7 heteroatoms. The van der Waals surface area contributed by atoms with Crippen LogP contribution in [0.4, 0.5) is 20.5 Å². The molecule has 0 unspecified atom stereocenters. The second-order valence-corrected chi connectivity index (χ2v) is 4.62. The van der Waals surface area contributed by atoms with Crippen molar-refractivity contribution in [1.29, 1.82) is 0 Å². The van der Waals surface area contributed by atoms with Crippen molar-refractivity contribution in [2.75, 3.05) is 5.32 Å². The summed E-state index contributed by atoms with van der Waals surface area (Å²) in [6, 6.07) is 13.5. The standard InChI is InChI=1S/C14H9ClF2N2O2/c15-14(16,17)21-10-7-5-9(6-8-10)18-13-19-11-3-1-2-4-12(11)20-13/h1-8H,(H,18,19). The summed E-state index contributed by atoms with van der Waals surface area (Å²) in [5, 5.41) is 2.93. The highest BCUT2D eigenvalue weighted by molar-refractivity contribution is 6.20. The van der Waals surface area contributed by atoms with Gasteiger partial charge in [0, 0.05) is 17.3 Å². The number of halogens is 3. The lowest BCUT2D eigenvalue weighted by molar-refractivity contribution is -0.0964. The van der Waals surface area contributed by atoms with Gasteiger partial charge >= 0.3 is 5.57 Å². The van der Waals surface area contributed by atoms with Gasteiger partial charge < -0.3 is 14.5 Å². The number of rotatable bonds is 4. The number of para-hydroxylation sites is 2. The smallest absolute Gasteiger partial charge is 0.423 e. The maximum absolute atomic E-state index is 12.5. The zero-order chi connectivity index (χ0) is 14.9. The van der Waals surface area contributed by atoms with E-state index in [0.29, 0.717) is 17.3 Å². The van der Waals surface area contributed by atoms with E-state index in [4.69, 9.17) is 4.42 Å². The average Bonchev–Trinajstić information content (AvgIpc) is 2.81. The Balaban J connectivity index is 1.75. The van der Waals surface area contributed by atoms with E-state index in [1.165, 1.54) is 12.1 Å². The van der Waals surface area contributed by atoms with Crippen LogP contribution in [0.25, 0.3) is 11.1 Å². The average molecular weight is 311 g/mol. The van der Waals surface area contributed by atoms with Gasteiger partial charge in [0.2, 0.25) is 0 Å². The Morgan fingerprint density at radius 1 is 1.10 bits per heavy atom. The second kappa shape index (κ2) is 5.21. The van der Waals surface area contributed by atoms with Gasteiger partial charge in [-0.1, -0.05) is 12.1 Å². The summed E-state index contributed by atoms with van der Waals surface area (Å²) in [5.74, 6) is -0.0434. The fourth-order valence-electron chi connectivity index (χ4n) is 1.79. The molecule has 0 radical (unpaired) electrons. The first kappa shape index (κ1) is 13.6. The molecule has 21 heavy (non-hydrogen) atoms. The molecule has 0 amide bonds. The number of aromatic nitrogens is 1. The van der Waals surface area contributed by atoms with Crippen LogP contribution in [-0.2, 0) is 0 Å². The molecule has 108 valence electrons. The predicted octanol–water partition coefficient (Wildman–Crippen LogP) is 4.74.